The maximum Gasteiger partial charge on any atom is 0.265 e. The number of aryl methyl sites for hydroxylation is 1. The number of aromatic nitrogens is 1. The van der Waals surface area contributed by atoms with E-state index in [4.69, 9.17) is 0 Å². The Morgan fingerprint density at radius 2 is 1.38 bits per heavy atom. The van der Waals surface area contributed by atoms with Crippen molar-refractivity contribution in [3.8, 4) is 0 Å². The molecule has 1 aromatic heterocycles. The van der Waals surface area contributed by atoms with Crippen molar-refractivity contribution in [3.05, 3.63) is 163 Å². The number of aliphatic hydroxyl groups excluding tert-OH is 2. The van der Waals surface area contributed by atoms with Crippen LogP contribution in [0.15, 0.2) is 158 Å². The number of unbranched alkanes of at least 4 members (excludes halogenated alkanes) is 5. The zero-order chi connectivity index (χ0) is 57.2. The van der Waals surface area contributed by atoms with Crippen LogP contribution in [-0.4, -0.2) is 135 Å². The van der Waals surface area contributed by atoms with Crippen LogP contribution in [0, 0.1) is 0 Å². The van der Waals surface area contributed by atoms with Gasteiger partial charge in [0, 0.05) is 114 Å². The molecule has 1 heterocycles. The van der Waals surface area contributed by atoms with Crippen LogP contribution in [-0.2, 0) is 31.0 Å². The minimum absolute atomic E-state index is 0.0363. The molecule has 422 valence electrons. The number of hydrogen-bond acceptors (Lipinski definition) is 15. The SMILES string of the molecule is C=C(NN(CCNC)CC(CN(CCC(/C=C\NC=O)=C/CCCO)NC(=O)C(/C=C\N(C)CCCC)=C/C=O)c1cc[n+](C)cc1)C(/C=C\N(C)CCCC)=C(\O)C=O.C=CN.C=CN/C=C\C(C=O)=C/CCCC. The Morgan fingerprint density at radius 3 is 1.92 bits per heavy atom. The number of aldehydes is 3. The van der Waals surface area contributed by atoms with E-state index in [9.17, 15) is 34.2 Å². The van der Waals surface area contributed by atoms with Crippen LogP contribution in [0.3, 0.4) is 0 Å². The van der Waals surface area contributed by atoms with Gasteiger partial charge in [-0.05, 0) is 112 Å². The van der Waals surface area contributed by atoms with Crippen molar-refractivity contribution in [2.75, 3.05) is 73.6 Å². The zero-order valence-corrected chi connectivity index (χ0v) is 46.8. The third-order valence-electron chi connectivity index (χ3n) is 11.0. The topological polar surface area (TPSA) is 229 Å². The summed E-state index contributed by atoms with van der Waals surface area (Å²) in [6.07, 6.45) is 36.9. The molecule has 0 aliphatic heterocycles. The molecule has 1 unspecified atom stereocenters. The maximum atomic E-state index is 14.0. The number of amides is 2. The molecule has 0 saturated heterocycles. The summed E-state index contributed by atoms with van der Waals surface area (Å²) in [6, 6.07) is 4.05. The average Bonchev–Trinajstić information content (AvgIpc) is 3.41. The lowest BCUT2D eigenvalue weighted by atomic mass is 9.99. The number of likely N-dealkylation sites (N-methyl/N-ethyl adjacent to an activating group) is 1. The van der Waals surface area contributed by atoms with Gasteiger partial charge < -0.3 is 47.1 Å². The van der Waals surface area contributed by atoms with Crippen LogP contribution < -0.4 is 37.1 Å². The summed E-state index contributed by atoms with van der Waals surface area (Å²) in [6.45, 7) is 21.0. The van der Waals surface area contributed by atoms with E-state index < -0.39 is 11.7 Å². The molecule has 1 atom stereocenters. The summed E-state index contributed by atoms with van der Waals surface area (Å²) in [4.78, 5) is 63.0. The second-order valence-electron chi connectivity index (χ2n) is 17.4. The molecular weight excluding hydrogens is 963 g/mol. The summed E-state index contributed by atoms with van der Waals surface area (Å²) >= 11 is 0. The highest BCUT2D eigenvalue weighted by molar-refractivity contribution is 5.99. The summed E-state index contributed by atoms with van der Waals surface area (Å²) in [7, 11) is 7.63. The molecule has 0 aromatic carbocycles. The van der Waals surface area contributed by atoms with Gasteiger partial charge in [-0.1, -0.05) is 78.3 Å². The van der Waals surface area contributed by atoms with Gasteiger partial charge in [0.15, 0.2) is 24.4 Å². The second-order valence-corrected chi connectivity index (χ2v) is 17.4. The van der Waals surface area contributed by atoms with E-state index in [1.807, 2.05) is 95.5 Å². The molecule has 0 fully saturated rings. The van der Waals surface area contributed by atoms with E-state index in [1.54, 1.807) is 49.1 Å². The highest BCUT2D eigenvalue weighted by Crippen LogP contribution is 2.20. The number of nitrogens with one attached hydrogen (secondary N) is 5. The van der Waals surface area contributed by atoms with Crippen molar-refractivity contribution >= 4 is 31.2 Å². The van der Waals surface area contributed by atoms with E-state index in [0.29, 0.717) is 82.2 Å². The Balaban J connectivity index is 0. The fourth-order valence-electron chi connectivity index (χ4n) is 6.67. The van der Waals surface area contributed by atoms with Crippen molar-refractivity contribution in [1.82, 2.24) is 46.6 Å². The molecule has 18 heteroatoms. The first-order chi connectivity index (χ1) is 36.7. The number of aliphatic hydroxyl groups is 2. The first kappa shape index (κ1) is 71.0. The standard InChI is InChI=1S/C45H71N9O6.C11H17NO.C2H5N/c1-8-10-24-50(5)28-19-41(21-33-56)45(60)49-53(30-16-39(14-12-13-32-55)15-22-47-37-58)34-42(40-17-26-52(7)27-18-40)35-54(31-23-46-4)48-38(3)43(44(59)36-57)20-29-51(6)25-11-9-2;1-3-5-6-7-11(10-13)8-9-12-4-2;1-2-3/h14-15,17-22,26-29,33,36-37,42,46,48,55H,3,8-13,16,23-25,30-32,34-35H2,1-2,4-7H3,(H2-,47,49,58,59,60);4,7-10,12H,2-3,5-6H2,1H3;2H,1,3H2/p+1/b22-15-,28-19-,29-20-,39-14+,41-21+,44-43-;9-8-,11-7+;. The Morgan fingerprint density at radius 1 is 0.789 bits per heavy atom. The van der Waals surface area contributed by atoms with E-state index in [0.717, 1.165) is 75.5 Å². The monoisotopic (exact) mass is 1060 g/mol. The van der Waals surface area contributed by atoms with Gasteiger partial charge in [0.05, 0.1) is 5.70 Å². The molecule has 0 aliphatic carbocycles. The van der Waals surface area contributed by atoms with Crippen LogP contribution in [0.5, 0.6) is 0 Å². The van der Waals surface area contributed by atoms with Crippen LogP contribution in [0.2, 0.25) is 0 Å². The highest BCUT2D eigenvalue weighted by Gasteiger charge is 2.24. The summed E-state index contributed by atoms with van der Waals surface area (Å²) < 4.78 is 1.94. The molecule has 1 rings (SSSR count). The number of allylic oxidation sites excluding steroid dienone is 8. The van der Waals surface area contributed by atoms with Crippen LogP contribution >= 0.6 is 0 Å². The first-order valence-electron chi connectivity index (χ1n) is 26.1. The van der Waals surface area contributed by atoms with Gasteiger partial charge in [-0.3, -0.25) is 29.4 Å². The highest BCUT2D eigenvalue weighted by atomic mass is 16.3. The fraction of sp³-hybridized carbons (Fsp3) is 0.448. The first-order valence-corrected chi connectivity index (χ1v) is 26.1. The zero-order valence-electron chi connectivity index (χ0n) is 46.8. The predicted octanol–water partition coefficient (Wildman–Crippen LogP) is 6.08. The smallest absolute Gasteiger partial charge is 0.265 e. The Hall–Kier alpha value is -7.12. The number of pyridine rings is 1. The van der Waals surface area contributed by atoms with E-state index in [2.05, 4.69) is 73.0 Å². The van der Waals surface area contributed by atoms with Crippen molar-refractivity contribution in [2.45, 2.75) is 90.9 Å². The van der Waals surface area contributed by atoms with E-state index in [1.165, 1.54) is 12.3 Å². The van der Waals surface area contributed by atoms with Gasteiger partial charge in [-0.2, -0.15) is 0 Å². The summed E-state index contributed by atoms with van der Waals surface area (Å²) in [5.74, 6) is -1.15. The number of nitrogens with two attached hydrogens (primary N) is 1. The van der Waals surface area contributed by atoms with Crippen molar-refractivity contribution in [1.29, 1.82) is 0 Å². The van der Waals surface area contributed by atoms with Crippen LogP contribution in [0.4, 0.5) is 0 Å². The molecule has 2 amide bonds. The van der Waals surface area contributed by atoms with Gasteiger partial charge in [-0.25, -0.2) is 14.6 Å². The molecule has 76 heavy (non-hydrogen) atoms. The average molecular weight is 1060 g/mol. The van der Waals surface area contributed by atoms with Gasteiger partial charge in [0.1, 0.15) is 19.6 Å². The van der Waals surface area contributed by atoms with E-state index >= 15 is 0 Å². The summed E-state index contributed by atoms with van der Waals surface area (Å²) in [5.41, 5.74) is 14.4. The van der Waals surface area contributed by atoms with Crippen molar-refractivity contribution < 1.29 is 38.8 Å². The number of hydrazine groups is 2. The van der Waals surface area contributed by atoms with Gasteiger partial charge in [0.25, 0.3) is 5.91 Å². The molecule has 18 nitrogen and oxygen atoms in total. The maximum absolute atomic E-state index is 14.0. The second kappa shape index (κ2) is 48.8. The fourth-order valence-corrected chi connectivity index (χ4v) is 6.67. The van der Waals surface area contributed by atoms with Crippen LogP contribution in [0.25, 0.3) is 0 Å². The molecular formula is C58H94N11O7+. The van der Waals surface area contributed by atoms with Gasteiger partial charge in [0.2, 0.25) is 6.41 Å². The number of carbonyl (C=O) groups is 5. The molecule has 0 spiro atoms. The largest absolute Gasteiger partial charge is 0.504 e. The molecule has 1 aromatic rings. The number of hydrogen-bond donors (Lipinski definition) is 8. The van der Waals surface area contributed by atoms with Gasteiger partial charge >= 0.3 is 0 Å². The van der Waals surface area contributed by atoms with Crippen molar-refractivity contribution in [2.24, 2.45) is 12.8 Å². The minimum atomic E-state index is -0.460. The lowest BCUT2D eigenvalue weighted by molar-refractivity contribution is -0.671. The number of nitrogens with zero attached hydrogens (tertiary/aromatic N) is 5. The van der Waals surface area contributed by atoms with Crippen molar-refractivity contribution in [3.63, 3.8) is 0 Å². The minimum Gasteiger partial charge on any atom is -0.504 e. The number of carbonyl (C=O) groups excluding carboxylic acids is 5. The summed E-state index contributed by atoms with van der Waals surface area (Å²) in [5, 5.41) is 32.4. The van der Waals surface area contributed by atoms with E-state index in [-0.39, 0.29) is 23.7 Å². The molecule has 9 N–H and O–H groups in total. The van der Waals surface area contributed by atoms with Gasteiger partial charge in [-0.15, -0.1) is 0 Å². The Labute approximate surface area is 455 Å². The normalized spacial score (nSPS) is 12.6. The third kappa shape index (κ3) is 36.7. The lowest BCUT2D eigenvalue weighted by Crippen LogP contribution is -2.49. The Kier molecular flexibility index (Phi) is 45.6. The molecule has 0 saturated carbocycles. The molecule has 0 aliphatic rings. The number of rotatable bonds is 41. The van der Waals surface area contributed by atoms with Crippen LogP contribution in [0.1, 0.15) is 96.5 Å². The quantitative estimate of drug-likeness (QED) is 0.00707. The molecule has 0 bridgehead atoms. The Bertz CT molecular complexity index is 2060. The predicted molar refractivity (Wildman–Crippen MR) is 309 cm³/mol. The molecule has 0 radical (unpaired) electrons. The lowest BCUT2D eigenvalue weighted by Gasteiger charge is -2.33. The third-order valence-corrected chi connectivity index (χ3v) is 11.0.